The molecule has 1 N–H and O–H groups in total. The lowest BCUT2D eigenvalue weighted by atomic mass is 10.0. The Morgan fingerprint density at radius 3 is 2.68 bits per heavy atom. The van der Waals surface area contributed by atoms with Gasteiger partial charge in [-0.2, -0.15) is 0 Å². The number of rotatable bonds is 5. The fraction of sp³-hybridized carbons (Fsp3) is 0.160. The van der Waals surface area contributed by atoms with E-state index >= 15 is 0 Å². The second-order valence-electron chi connectivity index (χ2n) is 7.68. The van der Waals surface area contributed by atoms with Crippen LogP contribution in [0, 0.1) is 0 Å². The molecule has 1 unspecified atom stereocenters. The zero-order valence-corrected chi connectivity index (χ0v) is 17.5. The Bertz CT molecular complexity index is 1260. The van der Waals surface area contributed by atoms with Gasteiger partial charge in [0.15, 0.2) is 0 Å². The number of amides is 1. The highest BCUT2D eigenvalue weighted by Gasteiger charge is 2.26. The van der Waals surface area contributed by atoms with E-state index in [0.29, 0.717) is 30.2 Å². The van der Waals surface area contributed by atoms with Gasteiger partial charge in [0.25, 0.3) is 0 Å². The van der Waals surface area contributed by atoms with E-state index in [0.717, 1.165) is 27.6 Å². The first kappa shape index (κ1) is 19.5. The number of carbonyl (C=O) groups is 1. The number of fused-ring (bicyclic) bond motifs is 2. The molecule has 5 rings (SSSR count). The van der Waals surface area contributed by atoms with Crippen LogP contribution in [0.15, 0.2) is 73.3 Å². The summed E-state index contributed by atoms with van der Waals surface area (Å²) in [5, 5.41) is 5.86. The second-order valence-corrected chi connectivity index (χ2v) is 8.09. The minimum absolute atomic E-state index is 0.0249. The molecule has 0 saturated heterocycles. The van der Waals surface area contributed by atoms with Gasteiger partial charge in [0.05, 0.1) is 18.0 Å². The molecular weight excluding hydrogens is 410 g/mol. The summed E-state index contributed by atoms with van der Waals surface area (Å²) in [5.74, 6) is 0.666. The highest BCUT2D eigenvalue weighted by Crippen LogP contribution is 2.39. The molecule has 5 nitrogen and oxygen atoms in total. The van der Waals surface area contributed by atoms with Crippen LogP contribution < -0.4 is 10.1 Å². The average molecular weight is 430 g/mol. The predicted molar refractivity (Wildman–Crippen MR) is 121 cm³/mol. The molecule has 0 radical (unpaired) electrons. The molecule has 0 bridgehead atoms. The highest BCUT2D eigenvalue weighted by atomic mass is 35.5. The van der Waals surface area contributed by atoms with Crippen LogP contribution in [-0.4, -0.2) is 28.5 Å². The van der Waals surface area contributed by atoms with Crippen LogP contribution >= 0.6 is 11.6 Å². The normalized spacial score (nSPS) is 14.8. The van der Waals surface area contributed by atoms with Gasteiger partial charge in [-0.15, -0.1) is 0 Å². The van der Waals surface area contributed by atoms with Crippen molar-refractivity contribution in [1.29, 1.82) is 0 Å². The maximum Gasteiger partial charge on any atom is 0.224 e. The van der Waals surface area contributed by atoms with Crippen LogP contribution in [0.5, 0.6) is 5.75 Å². The van der Waals surface area contributed by atoms with Crippen molar-refractivity contribution >= 4 is 28.3 Å². The third-order valence-electron chi connectivity index (χ3n) is 5.45. The van der Waals surface area contributed by atoms with Gasteiger partial charge < -0.3 is 10.1 Å². The summed E-state index contributed by atoms with van der Waals surface area (Å²) in [4.78, 5) is 20.6. The van der Waals surface area contributed by atoms with Gasteiger partial charge in [-0.1, -0.05) is 54.1 Å². The third kappa shape index (κ3) is 4.23. The lowest BCUT2D eigenvalue weighted by Gasteiger charge is -2.12. The van der Waals surface area contributed by atoms with Crippen molar-refractivity contribution in [1.82, 2.24) is 15.3 Å². The first-order chi connectivity index (χ1) is 15.2. The molecule has 154 valence electrons. The van der Waals surface area contributed by atoms with Crippen molar-refractivity contribution in [2.24, 2.45) is 0 Å². The first-order valence-corrected chi connectivity index (χ1v) is 10.5. The molecular formula is C25H20ClN3O2. The quantitative estimate of drug-likeness (QED) is 0.503. The largest absolute Gasteiger partial charge is 0.486 e. The van der Waals surface area contributed by atoms with E-state index in [9.17, 15) is 4.79 Å². The van der Waals surface area contributed by atoms with Crippen molar-refractivity contribution in [2.45, 2.75) is 18.9 Å². The fourth-order valence-electron chi connectivity index (χ4n) is 3.94. The summed E-state index contributed by atoms with van der Waals surface area (Å²) in [7, 11) is 0. The molecule has 0 saturated carbocycles. The molecule has 0 aliphatic carbocycles. The number of halogens is 1. The smallest absolute Gasteiger partial charge is 0.224 e. The van der Waals surface area contributed by atoms with E-state index in [2.05, 4.69) is 39.6 Å². The van der Waals surface area contributed by atoms with Gasteiger partial charge in [0.1, 0.15) is 18.2 Å². The number of benzene rings is 3. The average Bonchev–Trinajstić information content (AvgIpc) is 3.22. The van der Waals surface area contributed by atoms with Crippen molar-refractivity contribution in [2.75, 3.05) is 6.54 Å². The Balaban J connectivity index is 1.21. The van der Waals surface area contributed by atoms with Crippen molar-refractivity contribution in [3.8, 4) is 16.9 Å². The second kappa shape index (κ2) is 8.36. The van der Waals surface area contributed by atoms with Crippen LogP contribution in [0.25, 0.3) is 21.9 Å². The SMILES string of the molecule is O=C(Cc1ccc2ccccc2c1)NCC1Cc2cc(-c3cncnc3)cc(Cl)c2O1. The molecule has 1 atom stereocenters. The Kier molecular flexibility index (Phi) is 5.26. The van der Waals surface area contributed by atoms with Crippen LogP contribution in [0.2, 0.25) is 5.02 Å². The summed E-state index contributed by atoms with van der Waals surface area (Å²) in [5.41, 5.74) is 3.87. The van der Waals surface area contributed by atoms with Crippen LogP contribution in [0.4, 0.5) is 0 Å². The van der Waals surface area contributed by atoms with E-state index in [1.54, 1.807) is 12.4 Å². The molecule has 0 spiro atoms. The highest BCUT2D eigenvalue weighted by molar-refractivity contribution is 6.32. The van der Waals surface area contributed by atoms with E-state index in [1.807, 2.05) is 30.3 Å². The van der Waals surface area contributed by atoms with Gasteiger partial charge in [-0.3, -0.25) is 4.79 Å². The van der Waals surface area contributed by atoms with Gasteiger partial charge >= 0.3 is 0 Å². The van der Waals surface area contributed by atoms with Gasteiger partial charge in [0, 0.05) is 29.9 Å². The molecule has 1 amide bonds. The number of carbonyl (C=O) groups excluding carboxylic acids is 1. The molecule has 0 fully saturated rings. The Labute approximate surface area is 185 Å². The van der Waals surface area contributed by atoms with Crippen LogP contribution in [0.1, 0.15) is 11.1 Å². The monoisotopic (exact) mass is 429 g/mol. The molecule has 1 aromatic heterocycles. The van der Waals surface area contributed by atoms with Gasteiger partial charge in [-0.25, -0.2) is 9.97 Å². The zero-order chi connectivity index (χ0) is 21.2. The summed E-state index contributed by atoms with van der Waals surface area (Å²) >= 11 is 6.45. The van der Waals surface area contributed by atoms with Gasteiger partial charge in [0.2, 0.25) is 5.91 Å². The molecule has 1 aliphatic rings. The maximum absolute atomic E-state index is 12.5. The Morgan fingerprint density at radius 2 is 1.84 bits per heavy atom. The molecule has 3 aromatic carbocycles. The minimum Gasteiger partial charge on any atom is -0.486 e. The number of hydrogen-bond donors (Lipinski definition) is 1. The van der Waals surface area contributed by atoms with Crippen molar-refractivity contribution < 1.29 is 9.53 Å². The summed E-state index contributed by atoms with van der Waals surface area (Å²) in [6.07, 6.45) is 5.89. The van der Waals surface area contributed by atoms with Crippen LogP contribution in [0.3, 0.4) is 0 Å². The topological polar surface area (TPSA) is 64.1 Å². The number of ether oxygens (including phenoxy) is 1. The minimum atomic E-state index is -0.143. The first-order valence-electron chi connectivity index (χ1n) is 10.1. The van der Waals surface area contributed by atoms with E-state index in [-0.39, 0.29) is 12.0 Å². The number of nitrogens with zero attached hydrogens (tertiary/aromatic N) is 2. The molecule has 31 heavy (non-hydrogen) atoms. The van der Waals surface area contributed by atoms with Crippen molar-refractivity contribution in [3.63, 3.8) is 0 Å². The fourth-order valence-corrected chi connectivity index (χ4v) is 4.22. The summed E-state index contributed by atoms with van der Waals surface area (Å²) in [6.45, 7) is 0.432. The summed E-state index contributed by atoms with van der Waals surface area (Å²) < 4.78 is 6.01. The zero-order valence-electron chi connectivity index (χ0n) is 16.7. The Morgan fingerprint density at radius 1 is 1.03 bits per heavy atom. The molecule has 4 aromatic rings. The molecule has 1 aliphatic heterocycles. The van der Waals surface area contributed by atoms with Gasteiger partial charge in [-0.05, 0) is 34.0 Å². The van der Waals surface area contributed by atoms with E-state index in [4.69, 9.17) is 16.3 Å². The third-order valence-corrected chi connectivity index (χ3v) is 5.73. The van der Waals surface area contributed by atoms with Crippen molar-refractivity contribution in [3.05, 3.63) is 89.5 Å². The maximum atomic E-state index is 12.5. The lowest BCUT2D eigenvalue weighted by molar-refractivity contribution is -0.120. The molecule has 2 heterocycles. The number of nitrogens with one attached hydrogen (secondary N) is 1. The van der Waals surface area contributed by atoms with Crippen LogP contribution in [-0.2, 0) is 17.6 Å². The standard InChI is InChI=1S/C25H20ClN3O2/c26-23-11-19(21-12-27-15-28-13-21)9-20-10-22(31-25(20)23)14-29-24(30)8-16-5-6-17-3-1-2-4-18(17)7-16/h1-7,9,11-13,15,22H,8,10,14H2,(H,29,30). The number of aromatic nitrogens is 2. The number of hydrogen-bond acceptors (Lipinski definition) is 4. The van der Waals surface area contributed by atoms with E-state index < -0.39 is 0 Å². The summed E-state index contributed by atoms with van der Waals surface area (Å²) in [6, 6.07) is 18.2. The lowest BCUT2D eigenvalue weighted by Crippen LogP contribution is -2.35. The Hall–Kier alpha value is -3.44. The molecule has 6 heteroatoms. The predicted octanol–water partition coefficient (Wildman–Crippen LogP) is 4.61. The van der Waals surface area contributed by atoms with E-state index in [1.165, 1.54) is 11.7 Å².